The number of carbonyl (C=O) groups is 1. The summed E-state index contributed by atoms with van der Waals surface area (Å²) in [5, 5.41) is 2.80. The average Bonchev–Trinajstić information content (AvgIpc) is 2.70. The van der Waals surface area contributed by atoms with Gasteiger partial charge in [-0.05, 0) is 38.0 Å². The number of nitrogens with one attached hydrogen (secondary N) is 1. The van der Waals surface area contributed by atoms with Gasteiger partial charge in [0.2, 0.25) is 10.0 Å². The Bertz CT molecular complexity index is 707. The van der Waals surface area contributed by atoms with Crippen LogP contribution in [0.25, 0.3) is 0 Å². The lowest BCUT2D eigenvalue weighted by Crippen LogP contribution is -2.32. The summed E-state index contributed by atoms with van der Waals surface area (Å²) in [5.41, 5.74) is 0.477. The van der Waals surface area contributed by atoms with Crippen LogP contribution in [-0.2, 0) is 10.0 Å². The van der Waals surface area contributed by atoms with E-state index in [1.807, 2.05) is 0 Å². The fourth-order valence-corrected chi connectivity index (χ4v) is 3.45. The molecule has 0 saturated carbocycles. The zero-order chi connectivity index (χ0) is 21.0. The summed E-state index contributed by atoms with van der Waals surface area (Å²) in [4.78, 5) is 12.3. The Hall–Kier alpha value is -1.80. The molecule has 0 heterocycles. The quantitative estimate of drug-likeness (QED) is 0.473. The number of sulfonamides is 1. The SMILES string of the molecule is CCCCCCOc1ccc(C(=O)NCCCN(C)S(=O)(=O)CC)cc1OC. The molecule has 1 rings (SSSR count). The number of carbonyl (C=O) groups excluding carboxylic acids is 1. The molecule has 0 spiro atoms. The molecular formula is C20H34N2O5S. The average molecular weight is 415 g/mol. The second-order valence-electron chi connectivity index (χ2n) is 6.61. The van der Waals surface area contributed by atoms with E-state index < -0.39 is 10.0 Å². The minimum Gasteiger partial charge on any atom is -0.493 e. The summed E-state index contributed by atoms with van der Waals surface area (Å²) >= 11 is 0. The maximum Gasteiger partial charge on any atom is 0.251 e. The smallest absolute Gasteiger partial charge is 0.251 e. The molecule has 28 heavy (non-hydrogen) atoms. The van der Waals surface area contributed by atoms with E-state index in [0.29, 0.717) is 43.2 Å². The standard InChI is InChI=1S/C20H34N2O5S/c1-5-7-8-9-15-27-18-12-11-17(16-19(18)26-4)20(23)21-13-10-14-22(3)28(24,25)6-2/h11-12,16H,5-10,13-15H2,1-4H3,(H,21,23). The third kappa shape index (κ3) is 8.06. The van der Waals surface area contributed by atoms with Crippen molar-refractivity contribution >= 4 is 15.9 Å². The van der Waals surface area contributed by atoms with Gasteiger partial charge in [-0.25, -0.2) is 12.7 Å². The fraction of sp³-hybridized carbons (Fsp3) is 0.650. The summed E-state index contributed by atoms with van der Waals surface area (Å²) in [6, 6.07) is 5.10. The van der Waals surface area contributed by atoms with Gasteiger partial charge in [-0.2, -0.15) is 0 Å². The molecule has 0 saturated heterocycles. The molecule has 0 bridgehead atoms. The number of amides is 1. The van der Waals surface area contributed by atoms with Gasteiger partial charge in [0.05, 0.1) is 19.5 Å². The largest absolute Gasteiger partial charge is 0.493 e. The van der Waals surface area contributed by atoms with E-state index in [2.05, 4.69) is 12.2 Å². The zero-order valence-corrected chi connectivity index (χ0v) is 18.3. The van der Waals surface area contributed by atoms with Gasteiger partial charge in [-0.1, -0.05) is 26.2 Å². The molecule has 7 nitrogen and oxygen atoms in total. The summed E-state index contributed by atoms with van der Waals surface area (Å²) in [6.07, 6.45) is 5.03. The summed E-state index contributed by atoms with van der Waals surface area (Å²) in [5.74, 6) is 0.996. The molecule has 0 aliphatic heterocycles. The van der Waals surface area contributed by atoms with Crippen molar-refractivity contribution in [2.45, 2.75) is 46.0 Å². The second-order valence-corrected chi connectivity index (χ2v) is 8.97. The number of hydrogen-bond acceptors (Lipinski definition) is 5. The van der Waals surface area contributed by atoms with E-state index in [4.69, 9.17) is 9.47 Å². The van der Waals surface area contributed by atoms with E-state index in [9.17, 15) is 13.2 Å². The normalized spacial score (nSPS) is 11.5. The monoisotopic (exact) mass is 414 g/mol. The molecule has 1 amide bonds. The first kappa shape index (κ1) is 24.2. The number of unbranched alkanes of at least 4 members (excludes halogenated alkanes) is 3. The maximum atomic E-state index is 12.3. The summed E-state index contributed by atoms with van der Waals surface area (Å²) in [6.45, 7) is 5.15. The summed E-state index contributed by atoms with van der Waals surface area (Å²) < 4.78 is 35.8. The van der Waals surface area contributed by atoms with E-state index in [0.717, 1.165) is 12.8 Å². The number of rotatable bonds is 14. The first-order chi connectivity index (χ1) is 13.4. The van der Waals surface area contributed by atoms with Gasteiger partial charge in [0.25, 0.3) is 5.91 Å². The van der Waals surface area contributed by atoms with E-state index in [1.54, 1.807) is 39.3 Å². The number of benzene rings is 1. The molecule has 0 aliphatic rings. The minimum atomic E-state index is -3.19. The van der Waals surface area contributed by atoms with Crippen LogP contribution in [0.3, 0.4) is 0 Å². The van der Waals surface area contributed by atoms with Crippen molar-refractivity contribution in [1.29, 1.82) is 0 Å². The van der Waals surface area contributed by atoms with Gasteiger partial charge in [-0.15, -0.1) is 0 Å². The van der Waals surface area contributed by atoms with Crippen molar-refractivity contribution in [3.63, 3.8) is 0 Å². The Morgan fingerprint density at radius 3 is 2.50 bits per heavy atom. The van der Waals surface area contributed by atoms with Gasteiger partial charge in [0, 0.05) is 25.7 Å². The molecule has 0 aromatic heterocycles. The highest BCUT2D eigenvalue weighted by atomic mass is 32.2. The Labute approximate surface area is 169 Å². The molecule has 0 aliphatic carbocycles. The predicted molar refractivity (Wildman–Crippen MR) is 112 cm³/mol. The van der Waals surface area contributed by atoms with Crippen LogP contribution in [-0.4, -0.2) is 58.2 Å². The third-order valence-electron chi connectivity index (χ3n) is 4.46. The van der Waals surface area contributed by atoms with E-state index in [-0.39, 0.29) is 11.7 Å². The van der Waals surface area contributed by atoms with E-state index in [1.165, 1.54) is 17.1 Å². The Morgan fingerprint density at radius 2 is 1.86 bits per heavy atom. The van der Waals surface area contributed by atoms with Gasteiger partial charge in [0.1, 0.15) is 0 Å². The maximum absolute atomic E-state index is 12.3. The number of methoxy groups -OCH3 is 1. The zero-order valence-electron chi connectivity index (χ0n) is 17.5. The highest BCUT2D eigenvalue weighted by Crippen LogP contribution is 2.28. The third-order valence-corrected chi connectivity index (χ3v) is 6.32. The first-order valence-electron chi connectivity index (χ1n) is 9.88. The molecule has 0 atom stereocenters. The summed E-state index contributed by atoms with van der Waals surface area (Å²) in [7, 11) is -0.0931. The van der Waals surface area contributed by atoms with Crippen molar-refractivity contribution in [3.05, 3.63) is 23.8 Å². The van der Waals surface area contributed by atoms with Crippen molar-refractivity contribution in [3.8, 4) is 11.5 Å². The molecule has 1 aromatic rings. The lowest BCUT2D eigenvalue weighted by Gasteiger charge is -2.16. The van der Waals surface area contributed by atoms with Gasteiger partial charge in [-0.3, -0.25) is 4.79 Å². The van der Waals surface area contributed by atoms with Crippen LogP contribution in [0.15, 0.2) is 18.2 Å². The lowest BCUT2D eigenvalue weighted by molar-refractivity contribution is 0.0952. The first-order valence-corrected chi connectivity index (χ1v) is 11.5. The Kier molecular flexibility index (Phi) is 10.9. The Balaban J connectivity index is 2.50. The Morgan fingerprint density at radius 1 is 1.11 bits per heavy atom. The molecule has 0 unspecified atom stereocenters. The van der Waals surface area contributed by atoms with Gasteiger partial charge < -0.3 is 14.8 Å². The van der Waals surface area contributed by atoms with Gasteiger partial charge >= 0.3 is 0 Å². The van der Waals surface area contributed by atoms with E-state index >= 15 is 0 Å². The molecule has 1 N–H and O–H groups in total. The number of ether oxygens (including phenoxy) is 2. The molecule has 0 radical (unpaired) electrons. The van der Waals surface area contributed by atoms with Crippen molar-refractivity contribution in [2.75, 3.05) is 39.6 Å². The van der Waals surface area contributed by atoms with Gasteiger partial charge in [0.15, 0.2) is 11.5 Å². The molecule has 8 heteroatoms. The highest BCUT2D eigenvalue weighted by molar-refractivity contribution is 7.89. The lowest BCUT2D eigenvalue weighted by atomic mass is 10.2. The van der Waals surface area contributed by atoms with Crippen LogP contribution < -0.4 is 14.8 Å². The van der Waals surface area contributed by atoms with Crippen LogP contribution in [0.2, 0.25) is 0 Å². The van der Waals surface area contributed by atoms with Crippen LogP contribution in [0.4, 0.5) is 0 Å². The molecule has 160 valence electrons. The minimum absolute atomic E-state index is 0.0721. The predicted octanol–water partition coefficient (Wildman–Crippen LogP) is 3.06. The second kappa shape index (κ2) is 12.6. The highest BCUT2D eigenvalue weighted by Gasteiger charge is 2.15. The molecule has 1 aromatic carbocycles. The molecule has 0 fully saturated rings. The van der Waals surface area contributed by atoms with Crippen molar-refractivity contribution < 1.29 is 22.7 Å². The van der Waals surface area contributed by atoms with Crippen molar-refractivity contribution in [2.24, 2.45) is 0 Å². The van der Waals surface area contributed by atoms with Crippen LogP contribution in [0.5, 0.6) is 11.5 Å². The molecular weight excluding hydrogens is 380 g/mol. The number of hydrogen-bond donors (Lipinski definition) is 1. The fourth-order valence-electron chi connectivity index (χ4n) is 2.60. The van der Waals surface area contributed by atoms with Crippen LogP contribution in [0.1, 0.15) is 56.3 Å². The van der Waals surface area contributed by atoms with Crippen LogP contribution in [0, 0.1) is 0 Å². The topological polar surface area (TPSA) is 84.9 Å². The van der Waals surface area contributed by atoms with Crippen LogP contribution >= 0.6 is 0 Å². The van der Waals surface area contributed by atoms with Crippen molar-refractivity contribution in [1.82, 2.24) is 9.62 Å². The number of nitrogens with zero attached hydrogens (tertiary/aromatic N) is 1.